The zero-order valence-corrected chi connectivity index (χ0v) is 17.1. The lowest BCUT2D eigenvalue weighted by atomic mass is 10.1. The third kappa shape index (κ3) is 4.36. The highest BCUT2D eigenvalue weighted by Crippen LogP contribution is 2.28. The highest BCUT2D eigenvalue weighted by Gasteiger charge is 2.17. The van der Waals surface area contributed by atoms with E-state index in [0.29, 0.717) is 16.9 Å². The predicted octanol–water partition coefficient (Wildman–Crippen LogP) is 5.00. The van der Waals surface area contributed by atoms with Crippen molar-refractivity contribution in [3.8, 4) is 11.8 Å². The number of aryl methyl sites for hydroxylation is 2. The van der Waals surface area contributed by atoms with Crippen molar-refractivity contribution in [3.05, 3.63) is 92.6 Å². The summed E-state index contributed by atoms with van der Waals surface area (Å²) < 4.78 is 15.6. The van der Waals surface area contributed by atoms with Crippen LogP contribution in [0.1, 0.15) is 22.5 Å². The van der Waals surface area contributed by atoms with Crippen molar-refractivity contribution in [2.75, 3.05) is 5.32 Å². The average molecular weight is 418 g/mol. The fourth-order valence-electron chi connectivity index (χ4n) is 3.31. The van der Waals surface area contributed by atoms with Crippen molar-refractivity contribution in [2.45, 2.75) is 20.8 Å². The highest BCUT2D eigenvalue weighted by atomic mass is 19.1. The van der Waals surface area contributed by atoms with Gasteiger partial charge in [-0.05, 0) is 56.2 Å². The number of nitro groups is 1. The van der Waals surface area contributed by atoms with Crippen molar-refractivity contribution >= 4 is 23.4 Å². The second kappa shape index (κ2) is 8.63. The van der Waals surface area contributed by atoms with E-state index in [1.807, 2.05) is 24.5 Å². The minimum Gasteiger partial charge on any atom is -0.319 e. The number of nitriles is 1. The Bertz CT molecular complexity index is 1270. The molecule has 0 fully saturated rings. The van der Waals surface area contributed by atoms with Gasteiger partial charge in [-0.2, -0.15) is 5.26 Å². The molecule has 0 saturated heterocycles. The lowest BCUT2D eigenvalue weighted by molar-refractivity contribution is -0.384. The molecule has 3 aromatic rings. The van der Waals surface area contributed by atoms with Gasteiger partial charge in [-0.15, -0.1) is 0 Å². The van der Waals surface area contributed by atoms with Gasteiger partial charge in [-0.1, -0.05) is 18.2 Å². The first kappa shape index (κ1) is 21.5. The van der Waals surface area contributed by atoms with Gasteiger partial charge < -0.3 is 9.88 Å². The van der Waals surface area contributed by atoms with E-state index in [9.17, 15) is 24.6 Å². The van der Waals surface area contributed by atoms with Crippen LogP contribution < -0.4 is 5.32 Å². The minimum absolute atomic E-state index is 0.0219. The van der Waals surface area contributed by atoms with Gasteiger partial charge in [0.15, 0.2) is 0 Å². The molecule has 0 aliphatic heterocycles. The van der Waals surface area contributed by atoms with Crippen molar-refractivity contribution in [1.82, 2.24) is 4.57 Å². The number of amides is 1. The van der Waals surface area contributed by atoms with Crippen LogP contribution in [0.25, 0.3) is 11.8 Å². The van der Waals surface area contributed by atoms with Crippen molar-refractivity contribution in [2.24, 2.45) is 0 Å². The number of carbonyl (C=O) groups is 1. The van der Waals surface area contributed by atoms with Crippen LogP contribution in [0.5, 0.6) is 0 Å². The summed E-state index contributed by atoms with van der Waals surface area (Å²) >= 11 is 0. The first-order chi connectivity index (χ1) is 14.7. The van der Waals surface area contributed by atoms with Gasteiger partial charge in [-0.3, -0.25) is 14.9 Å². The van der Waals surface area contributed by atoms with E-state index in [4.69, 9.17) is 0 Å². The molecule has 31 heavy (non-hydrogen) atoms. The maximum absolute atomic E-state index is 13.8. The first-order valence-corrected chi connectivity index (χ1v) is 9.35. The topological polar surface area (TPSA) is 101 Å². The molecule has 0 bridgehead atoms. The summed E-state index contributed by atoms with van der Waals surface area (Å²) in [5.41, 5.74) is 3.30. The molecule has 0 unspecified atom stereocenters. The maximum atomic E-state index is 13.8. The maximum Gasteiger partial charge on any atom is 0.271 e. The van der Waals surface area contributed by atoms with Crippen LogP contribution in [-0.4, -0.2) is 15.4 Å². The fraction of sp³-hybridized carbons (Fsp3) is 0.130. The van der Waals surface area contributed by atoms with E-state index in [0.717, 1.165) is 11.3 Å². The Balaban J connectivity index is 2.01. The zero-order valence-electron chi connectivity index (χ0n) is 17.1. The standard InChI is InChI=1S/C23H19FN4O3/c1-14-8-9-19(28(30)31)12-22(14)27-15(2)10-17(16(27)3)11-18(13-25)23(29)26-21-7-5-4-6-20(21)24/h4-12H,1-3H3,(H,26,29)/b18-11+. The van der Waals surface area contributed by atoms with E-state index < -0.39 is 16.6 Å². The molecule has 7 nitrogen and oxygen atoms in total. The Labute approximate surface area is 178 Å². The Hall–Kier alpha value is -4.25. The van der Waals surface area contributed by atoms with Gasteiger partial charge in [0.05, 0.1) is 16.3 Å². The van der Waals surface area contributed by atoms with Crippen molar-refractivity contribution < 1.29 is 14.1 Å². The van der Waals surface area contributed by atoms with Gasteiger partial charge in [0.2, 0.25) is 0 Å². The molecule has 0 aliphatic carbocycles. The van der Waals surface area contributed by atoms with Gasteiger partial charge in [0.1, 0.15) is 17.5 Å². The minimum atomic E-state index is -0.732. The Morgan fingerprint density at radius 1 is 1.19 bits per heavy atom. The molecule has 1 amide bonds. The van der Waals surface area contributed by atoms with Gasteiger partial charge in [-0.25, -0.2) is 4.39 Å². The molecule has 3 rings (SSSR count). The number of carbonyl (C=O) groups excluding carboxylic acids is 1. The van der Waals surface area contributed by atoms with E-state index in [-0.39, 0.29) is 16.9 Å². The molecule has 0 spiro atoms. The lowest BCUT2D eigenvalue weighted by Crippen LogP contribution is -2.14. The molecule has 0 saturated carbocycles. The largest absolute Gasteiger partial charge is 0.319 e. The Kier molecular flexibility index (Phi) is 5.97. The molecule has 2 aromatic carbocycles. The van der Waals surface area contributed by atoms with E-state index >= 15 is 0 Å². The summed E-state index contributed by atoms with van der Waals surface area (Å²) in [5, 5.41) is 23.1. The number of halogens is 1. The number of nitrogens with zero attached hydrogens (tertiary/aromatic N) is 3. The van der Waals surface area contributed by atoms with Gasteiger partial charge in [0.25, 0.3) is 11.6 Å². The van der Waals surface area contributed by atoms with Crippen LogP contribution in [0.4, 0.5) is 15.8 Å². The summed E-state index contributed by atoms with van der Waals surface area (Å²) in [5.74, 6) is -1.34. The fourth-order valence-corrected chi connectivity index (χ4v) is 3.31. The molecular formula is C23H19FN4O3. The summed E-state index contributed by atoms with van der Waals surface area (Å²) in [6.07, 6.45) is 1.42. The first-order valence-electron chi connectivity index (χ1n) is 9.35. The normalized spacial score (nSPS) is 11.1. The Morgan fingerprint density at radius 2 is 1.90 bits per heavy atom. The van der Waals surface area contributed by atoms with E-state index in [1.165, 1.54) is 36.4 Å². The number of para-hydroxylation sites is 1. The number of rotatable bonds is 5. The van der Waals surface area contributed by atoms with Crippen LogP contribution in [0, 0.1) is 48.0 Å². The molecular weight excluding hydrogens is 399 g/mol. The molecule has 0 radical (unpaired) electrons. The van der Waals surface area contributed by atoms with Crippen molar-refractivity contribution in [1.29, 1.82) is 5.26 Å². The van der Waals surface area contributed by atoms with Crippen LogP contribution in [0.3, 0.4) is 0 Å². The number of aromatic nitrogens is 1. The zero-order chi connectivity index (χ0) is 22.7. The average Bonchev–Trinajstić information content (AvgIpc) is 3.01. The van der Waals surface area contributed by atoms with Crippen LogP contribution in [-0.2, 0) is 4.79 Å². The quantitative estimate of drug-likeness (QED) is 0.273. The van der Waals surface area contributed by atoms with Gasteiger partial charge in [0, 0.05) is 23.5 Å². The van der Waals surface area contributed by atoms with Crippen molar-refractivity contribution in [3.63, 3.8) is 0 Å². The predicted molar refractivity (Wildman–Crippen MR) is 115 cm³/mol. The number of nitrogens with one attached hydrogen (secondary N) is 1. The summed E-state index contributed by atoms with van der Waals surface area (Å²) in [7, 11) is 0. The number of nitro benzene ring substituents is 1. The van der Waals surface area contributed by atoms with Crippen LogP contribution >= 0.6 is 0 Å². The third-order valence-corrected chi connectivity index (χ3v) is 4.90. The highest BCUT2D eigenvalue weighted by molar-refractivity contribution is 6.09. The SMILES string of the molecule is Cc1ccc([N+](=O)[O-])cc1-n1c(C)cc(/C=C(\C#N)C(=O)Nc2ccccc2F)c1C. The summed E-state index contributed by atoms with van der Waals surface area (Å²) in [6, 6.07) is 13.9. The van der Waals surface area contributed by atoms with Gasteiger partial charge >= 0.3 is 0 Å². The summed E-state index contributed by atoms with van der Waals surface area (Å²) in [6.45, 7) is 5.46. The molecule has 1 aromatic heterocycles. The molecule has 1 heterocycles. The van der Waals surface area contributed by atoms with Crippen LogP contribution in [0.2, 0.25) is 0 Å². The lowest BCUT2D eigenvalue weighted by Gasteiger charge is -2.12. The van der Waals surface area contributed by atoms with E-state index in [1.54, 1.807) is 25.1 Å². The number of non-ortho nitro benzene ring substituents is 1. The number of benzene rings is 2. The monoisotopic (exact) mass is 418 g/mol. The molecule has 0 atom stereocenters. The van der Waals surface area contributed by atoms with Crippen LogP contribution in [0.15, 0.2) is 54.1 Å². The third-order valence-electron chi connectivity index (χ3n) is 4.90. The van der Waals surface area contributed by atoms with E-state index in [2.05, 4.69) is 5.32 Å². The molecule has 156 valence electrons. The number of hydrogen-bond acceptors (Lipinski definition) is 4. The number of anilines is 1. The molecule has 8 heteroatoms. The molecule has 0 aliphatic rings. The molecule has 1 N–H and O–H groups in total. The second-order valence-electron chi connectivity index (χ2n) is 6.99. The summed E-state index contributed by atoms with van der Waals surface area (Å²) in [4.78, 5) is 23.2. The smallest absolute Gasteiger partial charge is 0.271 e. The second-order valence-corrected chi connectivity index (χ2v) is 6.99. The number of hydrogen-bond donors (Lipinski definition) is 1. The Morgan fingerprint density at radius 3 is 2.55 bits per heavy atom.